The van der Waals surface area contributed by atoms with Crippen LogP contribution in [0.1, 0.15) is 47.0 Å². The van der Waals surface area contributed by atoms with Crippen LogP contribution in [0.25, 0.3) is 0 Å². The number of nitrogens with zero attached hydrogens (tertiary/aromatic N) is 1. The summed E-state index contributed by atoms with van der Waals surface area (Å²) < 4.78 is 5.69. The summed E-state index contributed by atoms with van der Waals surface area (Å²) in [5.74, 6) is 0.879. The maximum atomic E-state index is 5.69. The predicted octanol–water partition coefficient (Wildman–Crippen LogP) is 2.76. The summed E-state index contributed by atoms with van der Waals surface area (Å²) in [6.45, 7) is 14.3. The minimum atomic E-state index is 0.333. The van der Waals surface area contributed by atoms with Crippen molar-refractivity contribution in [2.45, 2.75) is 53.0 Å². The van der Waals surface area contributed by atoms with E-state index in [0.717, 1.165) is 38.8 Å². The molecule has 3 nitrogen and oxygen atoms in total. The van der Waals surface area contributed by atoms with Gasteiger partial charge in [-0.3, -0.25) is 0 Å². The number of hydrogen-bond acceptors (Lipinski definition) is 3. The van der Waals surface area contributed by atoms with Gasteiger partial charge in [0.15, 0.2) is 0 Å². The van der Waals surface area contributed by atoms with Crippen LogP contribution in [0.15, 0.2) is 0 Å². The van der Waals surface area contributed by atoms with E-state index in [1.807, 2.05) is 0 Å². The van der Waals surface area contributed by atoms with Crippen molar-refractivity contribution in [3.63, 3.8) is 0 Å². The summed E-state index contributed by atoms with van der Waals surface area (Å²) in [4.78, 5) is 2.39. The Bertz CT molecular complexity index is 233. The van der Waals surface area contributed by atoms with E-state index in [4.69, 9.17) is 4.74 Å². The molecule has 1 atom stereocenters. The average molecular weight is 270 g/mol. The van der Waals surface area contributed by atoms with E-state index in [0.29, 0.717) is 11.5 Å². The van der Waals surface area contributed by atoms with Crippen molar-refractivity contribution in [1.29, 1.82) is 0 Å². The van der Waals surface area contributed by atoms with Crippen molar-refractivity contribution < 1.29 is 4.74 Å². The van der Waals surface area contributed by atoms with E-state index in [-0.39, 0.29) is 0 Å². The molecule has 1 aliphatic carbocycles. The van der Waals surface area contributed by atoms with Crippen molar-refractivity contribution in [1.82, 2.24) is 10.2 Å². The highest BCUT2D eigenvalue weighted by Crippen LogP contribution is 2.28. The minimum Gasteiger partial charge on any atom is -0.380 e. The molecule has 0 spiro atoms. The zero-order chi connectivity index (χ0) is 14.3. The number of hydrogen-bond donors (Lipinski definition) is 1. The molecule has 3 heteroatoms. The predicted molar refractivity (Wildman–Crippen MR) is 82.6 cm³/mol. The summed E-state index contributed by atoms with van der Waals surface area (Å²) in [6, 6.07) is 0.590. The second kappa shape index (κ2) is 8.23. The summed E-state index contributed by atoms with van der Waals surface area (Å²) in [5, 5.41) is 3.61. The third-order valence-electron chi connectivity index (χ3n) is 3.96. The van der Waals surface area contributed by atoms with Gasteiger partial charge in [0.25, 0.3) is 0 Å². The molecular formula is C16H34N2O. The van der Waals surface area contributed by atoms with Crippen molar-refractivity contribution >= 4 is 0 Å². The van der Waals surface area contributed by atoms with E-state index in [1.165, 1.54) is 19.3 Å². The Balaban J connectivity index is 2.09. The van der Waals surface area contributed by atoms with Crippen LogP contribution in [0.3, 0.4) is 0 Å². The number of likely N-dealkylation sites (N-methyl/N-ethyl adjacent to an activating group) is 1. The number of rotatable bonds is 10. The molecule has 0 aliphatic heterocycles. The highest BCUT2D eigenvalue weighted by molar-refractivity contribution is 4.80. The molecule has 0 saturated heterocycles. The lowest BCUT2D eigenvalue weighted by Crippen LogP contribution is -2.42. The molecule has 0 aromatic heterocycles. The Morgan fingerprint density at radius 2 is 1.95 bits per heavy atom. The van der Waals surface area contributed by atoms with Crippen molar-refractivity contribution in [3.8, 4) is 0 Å². The lowest BCUT2D eigenvalue weighted by molar-refractivity contribution is 0.100. The third kappa shape index (κ3) is 7.91. The molecule has 0 aromatic rings. The van der Waals surface area contributed by atoms with Crippen LogP contribution in [-0.4, -0.2) is 50.8 Å². The Morgan fingerprint density at radius 1 is 1.26 bits per heavy atom. The first-order valence-electron chi connectivity index (χ1n) is 7.93. The molecule has 1 unspecified atom stereocenters. The normalized spacial score (nSPS) is 18.0. The number of nitrogens with one attached hydrogen (secondary N) is 1. The van der Waals surface area contributed by atoms with Crippen LogP contribution in [0.4, 0.5) is 0 Å². The van der Waals surface area contributed by atoms with E-state index in [9.17, 15) is 0 Å². The van der Waals surface area contributed by atoms with E-state index >= 15 is 0 Å². The maximum absolute atomic E-state index is 5.69. The van der Waals surface area contributed by atoms with E-state index < -0.39 is 0 Å². The molecule has 0 aromatic carbocycles. The van der Waals surface area contributed by atoms with Gasteiger partial charge in [-0.05, 0) is 50.7 Å². The SMILES string of the molecule is CCNC(CCN(C)CCOCC1CC1)C(C)(C)C. The molecule has 1 aliphatic rings. The second-order valence-electron chi connectivity index (χ2n) is 7.09. The first kappa shape index (κ1) is 16.9. The average Bonchev–Trinajstić information content (AvgIpc) is 3.12. The third-order valence-corrected chi connectivity index (χ3v) is 3.96. The smallest absolute Gasteiger partial charge is 0.0593 e. The fraction of sp³-hybridized carbons (Fsp3) is 1.00. The maximum Gasteiger partial charge on any atom is 0.0593 e. The zero-order valence-electron chi connectivity index (χ0n) is 13.7. The summed E-state index contributed by atoms with van der Waals surface area (Å²) in [5.41, 5.74) is 0.333. The molecule has 0 heterocycles. The lowest BCUT2D eigenvalue weighted by Gasteiger charge is -2.32. The minimum absolute atomic E-state index is 0.333. The molecule has 0 radical (unpaired) electrons. The van der Waals surface area contributed by atoms with Gasteiger partial charge in [0.05, 0.1) is 6.61 Å². The van der Waals surface area contributed by atoms with Crippen LogP contribution < -0.4 is 5.32 Å². The van der Waals surface area contributed by atoms with Gasteiger partial charge in [-0.2, -0.15) is 0 Å². The molecular weight excluding hydrogens is 236 g/mol. The van der Waals surface area contributed by atoms with Gasteiger partial charge in [0, 0.05) is 19.2 Å². The lowest BCUT2D eigenvalue weighted by atomic mass is 9.84. The molecule has 0 bridgehead atoms. The quantitative estimate of drug-likeness (QED) is 0.618. The molecule has 114 valence electrons. The molecule has 1 N–H and O–H groups in total. The van der Waals surface area contributed by atoms with Crippen molar-refractivity contribution in [3.05, 3.63) is 0 Å². The Morgan fingerprint density at radius 3 is 2.47 bits per heavy atom. The fourth-order valence-electron chi connectivity index (χ4n) is 2.30. The van der Waals surface area contributed by atoms with Gasteiger partial charge in [0.1, 0.15) is 0 Å². The first-order valence-corrected chi connectivity index (χ1v) is 7.93. The number of ether oxygens (including phenoxy) is 1. The summed E-state index contributed by atoms with van der Waals surface area (Å²) >= 11 is 0. The molecule has 0 amide bonds. The van der Waals surface area contributed by atoms with Crippen LogP contribution in [0.5, 0.6) is 0 Å². The van der Waals surface area contributed by atoms with Gasteiger partial charge in [-0.1, -0.05) is 27.7 Å². The molecule has 1 saturated carbocycles. The highest BCUT2D eigenvalue weighted by Gasteiger charge is 2.23. The first-order chi connectivity index (χ1) is 8.93. The van der Waals surface area contributed by atoms with Gasteiger partial charge in [0.2, 0.25) is 0 Å². The van der Waals surface area contributed by atoms with Gasteiger partial charge < -0.3 is 15.0 Å². The monoisotopic (exact) mass is 270 g/mol. The van der Waals surface area contributed by atoms with Crippen molar-refractivity contribution in [2.24, 2.45) is 11.3 Å². The van der Waals surface area contributed by atoms with Gasteiger partial charge in [-0.25, -0.2) is 0 Å². The second-order valence-corrected chi connectivity index (χ2v) is 7.09. The Hall–Kier alpha value is -0.120. The largest absolute Gasteiger partial charge is 0.380 e. The summed E-state index contributed by atoms with van der Waals surface area (Å²) in [6.07, 6.45) is 3.97. The molecule has 1 fully saturated rings. The topological polar surface area (TPSA) is 24.5 Å². The van der Waals surface area contributed by atoms with Crippen LogP contribution in [0.2, 0.25) is 0 Å². The zero-order valence-corrected chi connectivity index (χ0v) is 13.7. The Labute approximate surface area is 120 Å². The van der Waals surface area contributed by atoms with E-state index in [1.54, 1.807) is 0 Å². The highest BCUT2D eigenvalue weighted by atomic mass is 16.5. The fourth-order valence-corrected chi connectivity index (χ4v) is 2.30. The van der Waals surface area contributed by atoms with Crippen molar-refractivity contribution in [2.75, 3.05) is 39.9 Å². The van der Waals surface area contributed by atoms with Gasteiger partial charge >= 0.3 is 0 Å². The molecule has 19 heavy (non-hydrogen) atoms. The summed E-state index contributed by atoms with van der Waals surface area (Å²) in [7, 11) is 2.20. The van der Waals surface area contributed by atoms with Crippen LogP contribution in [0, 0.1) is 11.3 Å². The van der Waals surface area contributed by atoms with E-state index in [2.05, 4.69) is 45.0 Å². The van der Waals surface area contributed by atoms with Crippen LogP contribution in [-0.2, 0) is 4.74 Å². The standard InChI is InChI=1S/C16H34N2O/c1-6-17-15(16(2,3)4)9-10-18(5)11-12-19-13-14-7-8-14/h14-15,17H,6-13H2,1-5H3. The van der Waals surface area contributed by atoms with Crippen LogP contribution >= 0.6 is 0 Å². The molecule has 1 rings (SSSR count). The van der Waals surface area contributed by atoms with Gasteiger partial charge in [-0.15, -0.1) is 0 Å². The Kier molecular flexibility index (Phi) is 7.33.